The van der Waals surface area contributed by atoms with Crippen LogP contribution in [0.25, 0.3) is 0 Å². The highest BCUT2D eigenvalue weighted by molar-refractivity contribution is 9.10. The first-order chi connectivity index (χ1) is 8.22. The zero-order chi connectivity index (χ0) is 12.3. The van der Waals surface area contributed by atoms with Gasteiger partial charge in [-0.1, -0.05) is 19.8 Å². The van der Waals surface area contributed by atoms with Gasteiger partial charge in [0.05, 0.1) is 4.47 Å². The summed E-state index contributed by atoms with van der Waals surface area (Å²) < 4.78 is 0.866. The smallest absolute Gasteiger partial charge is 0.239 e. The Morgan fingerprint density at radius 1 is 1.59 bits per heavy atom. The normalized spacial score (nSPS) is 16.6. The van der Waals surface area contributed by atoms with Crippen molar-refractivity contribution in [3.63, 3.8) is 0 Å². The van der Waals surface area contributed by atoms with Gasteiger partial charge in [0.25, 0.3) is 0 Å². The number of aromatic nitrogens is 2. The average molecular weight is 300 g/mol. The molecule has 0 radical (unpaired) electrons. The van der Waals surface area contributed by atoms with Crippen molar-refractivity contribution >= 4 is 27.7 Å². The number of nitrogens with zero attached hydrogens (tertiary/aromatic N) is 2. The summed E-state index contributed by atoms with van der Waals surface area (Å²) in [6, 6.07) is 0.472. The van der Waals surface area contributed by atoms with Gasteiger partial charge in [0, 0.05) is 12.2 Å². The maximum Gasteiger partial charge on any atom is 0.239 e. The number of anilines is 2. The Hall–Kier alpha value is -0.880. The van der Waals surface area contributed by atoms with Crippen molar-refractivity contribution in [2.24, 2.45) is 11.8 Å². The third kappa shape index (κ3) is 3.54. The molecule has 94 valence electrons. The molecule has 6 heteroatoms. The van der Waals surface area contributed by atoms with E-state index in [0.717, 1.165) is 22.6 Å². The summed E-state index contributed by atoms with van der Waals surface area (Å²) in [5, 5.41) is 3.45. The van der Waals surface area contributed by atoms with E-state index in [4.69, 9.17) is 5.84 Å². The van der Waals surface area contributed by atoms with Gasteiger partial charge in [0.15, 0.2) is 0 Å². The fraction of sp³-hybridized carbons (Fsp3) is 0.636. The van der Waals surface area contributed by atoms with Crippen LogP contribution in [0.5, 0.6) is 0 Å². The molecule has 1 unspecified atom stereocenters. The molecule has 0 aliphatic heterocycles. The van der Waals surface area contributed by atoms with Gasteiger partial charge in [0.2, 0.25) is 5.95 Å². The first kappa shape index (κ1) is 12.6. The first-order valence-corrected chi connectivity index (χ1v) is 6.78. The molecule has 0 saturated heterocycles. The van der Waals surface area contributed by atoms with Gasteiger partial charge in [-0.15, -0.1) is 0 Å². The molecule has 4 N–H and O–H groups in total. The minimum absolute atomic E-state index is 0.428. The highest BCUT2D eigenvalue weighted by Crippen LogP contribution is 2.35. The van der Waals surface area contributed by atoms with Crippen LogP contribution in [0.2, 0.25) is 0 Å². The fourth-order valence-electron chi connectivity index (χ4n) is 1.81. The summed E-state index contributed by atoms with van der Waals surface area (Å²) in [5.74, 6) is 7.44. The lowest BCUT2D eigenvalue weighted by molar-refractivity contribution is 0.585. The largest absolute Gasteiger partial charge is 0.366 e. The number of hydrogen-bond acceptors (Lipinski definition) is 5. The van der Waals surface area contributed by atoms with Gasteiger partial charge in [-0.25, -0.2) is 10.8 Å². The average Bonchev–Trinajstić information content (AvgIpc) is 3.14. The molecule has 1 aromatic rings. The Bertz CT molecular complexity index is 380. The molecular formula is C11H18BrN5. The first-order valence-electron chi connectivity index (χ1n) is 5.98. The molecule has 0 amide bonds. The second-order valence-corrected chi connectivity index (χ2v) is 5.32. The maximum absolute atomic E-state index is 5.30. The molecule has 1 aliphatic rings. The lowest BCUT2D eigenvalue weighted by Gasteiger charge is -2.18. The summed E-state index contributed by atoms with van der Waals surface area (Å²) in [6.45, 7) is 2.19. The fourth-order valence-corrected chi connectivity index (χ4v) is 2.12. The van der Waals surface area contributed by atoms with Gasteiger partial charge in [-0.2, -0.15) is 4.98 Å². The molecular weight excluding hydrogens is 282 g/mol. The van der Waals surface area contributed by atoms with Crippen LogP contribution in [0.3, 0.4) is 0 Å². The molecule has 1 atom stereocenters. The predicted octanol–water partition coefficient (Wildman–Crippen LogP) is 2.52. The number of rotatable bonds is 6. The van der Waals surface area contributed by atoms with Gasteiger partial charge < -0.3 is 5.32 Å². The Morgan fingerprint density at radius 2 is 2.35 bits per heavy atom. The van der Waals surface area contributed by atoms with Crippen molar-refractivity contribution in [1.29, 1.82) is 0 Å². The molecule has 1 heterocycles. The van der Waals surface area contributed by atoms with Gasteiger partial charge >= 0.3 is 0 Å². The summed E-state index contributed by atoms with van der Waals surface area (Å²) in [6.07, 6.45) is 6.77. The van der Waals surface area contributed by atoms with E-state index in [1.165, 1.54) is 19.3 Å². The third-order valence-electron chi connectivity index (χ3n) is 3.02. The van der Waals surface area contributed by atoms with Crippen molar-refractivity contribution in [2.45, 2.75) is 38.6 Å². The van der Waals surface area contributed by atoms with Crippen molar-refractivity contribution < 1.29 is 0 Å². The van der Waals surface area contributed by atoms with Crippen LogP contribution in [-0.4, -0.2) is 16.0 Å². The van der Waals surface area contributed by atoms with E-state index < -0.39 is 0 Å². The molecule has 1 fully saturated rings. The minimum Gasteiger partial charge on any atom is -0.366 e. The molecule has 1 aliphatic carbocycles. The van der Waals surface area contributed by atoms with E-state index in [2.05, 4.69) is 43.6 Å². The van der Waals surface area contributed by atoms with Crippen LogP contribution in [-0.2, 0) is 0 Å². The molecule has 17 heavy (non-hydrogen) atoms. The van der Waals surface area contributed by atoms with Crippen molar-refractivity contribution in [1.82, 2.24) is 9.97 Å². The summed E-state index contributed by atoms with van der Waals surface area (Å²) in [5.41, 5.74) is 2.46. The number of hydrogen-bond donors (Lipinski definition) is 3. The van der Waals surface area contributed by atoms with Gasteiger partial charge in [0.1, 0.15) is 5.82 Å². The van der Waals surface area contributed by atoms with E-state index in [-0.39, 0.29) is 0 Å². The highest BCUT2D eigenvalue weighted by atomic mass is 79.9. The second-order valence-electron chi connectivity index (χ2n) is 4.46. The standard InChI is InChI=1S/C11H18BrN5/c1-2-8(5-7-3-4-7)15-10-9(12)6-14-11(16-10)17-13/h6-8H,2-5,13H2,1H3,(H2,14,15,16,17). The van der Waals surface area contributed by atoms with E-state index in [1.807, 2.05) is 0 Å². The number of halogens is 1. The highest BCUT2D eigenvalue weighted by Gasteiger charge is 2.25. The number of nitrogens with two attached hydrogens (primary N) is 1. The predicted molar refractivity (Wildman–Crippen MR) is 72.6 cm³/mol. The van der Waals surface area contributed by atoms with Crippen molar-refractivity contribution in [3.8, 4) is 0 Å². The van der Waals surface area contributed by atoms with Crippen LogP contribution >= 0.6 is 15.9 Å². The second kappa shape index (κ2) is 5.64. The topological polar surface area (TPSA) is 75.9 Å². The van der Waals surface area contributed by atoms with Crippen molar-refractivity contribution in [2.75, 3.05) is 10.7 Å². The summed E-state index contributed by atoms with van der Waals surface area (Å²) >= 11 is 3.44. The molecule has 1 aromatic heterocycles. The van der Waals surface area contributed by atoms with Crippen LogP contribution < -0.4 is 16.6 Å². The quantitative estimate of drug-likeness (QED) is 0.556. The van der Waals surface area contributed by atoms with Gasteiger partial charge in [-0.3, -0.25) is 5.43 Å². The summed E-state index contributed by atoms with van der Waals surface area (Å²) in [7, 11) is 0. The Morgan fingerprint density at radius 3 is 2.94 bits per heavy atom. The minimum atomic E-state index is 0.428. The van der Waals surface area contributed by atoms with Crippen LogP contribution in [0.15, 0.2) is 10.7 Å². The molecule has 2 rings (SSSR count). The molecule has 0 aromatic carbocycles. The van der Waals surface area contributed by atoms with Gasteiger partial charge in [-0.05, 0) is 34.7 Å². The molecule has 1 saturated carbocycles. The Balaban J connectivity index is 2.03. The molecule has 0 spiro atoms. The summed E-state index contributed by atoms with van der Waals surface area (Å²) in [4.78, 5) is 8.33. The Kier molecular flexibility index (Phi) is 4.17. The number of nitrogens with one attached hydrogen (secondary N) is 2. The van der Waals surface area contributed by atoms with Crippen LogP contribution in [0, 0.1) is 5.92 Å². The molecule has 5 nitrogen and oxygen atoms in total. The molecule has 0 bridgehead atoms. The van der Waals surface area contributed by atoms with E-state index >= 15 is 0 Å². The third-order valence-corrected chi connectivity index (χ3v) is 3.60. The van der Waals surface area contributed by atoms with E-state index in [0.29, 0.717) is 12.0 Å². The SMILES string of the molecule is CCC(CC1CC1)Nc1nc(NN)ncc1Br. The number of nitrogen functional groups attached to an aromatic ring is 1. The van der Waals surface area contributed by atoms with Crippen LogP contribution in [0.4, 0.5) is 11.8 Å². The number of hydrazine groups is 1. The maximum atomic E-state index is 5.30. The Labute approximate surface area is 110 Å². The van der Waals surface area contributed by atoms with Crippen LogP contribution in [0.1, 0.15) is 32.6 Å². The van der Waals surface area contributed by atoms with E-state index in [9.17, 15) is 0 Å². The lowest BCUT2D eigenvalue weighted by atomic mass is 10.1. The zero-order valence-corrected chi connectivity index (χ0v) is 11.5. The van der Waals surface area contributed by atoms with Crippen molar-refractivity contribution in [3.05, 3.63) is 10.7 Å². The zero-order valence-electron chi connectivity index (χ0n) is 9.91. The lowest BCUT2D eigenvalue weighted by Crippen LogP contribution is -2.21. The van der Waals surface area contributed by atoms with E-state index in [1.54, 1.807) is 6.20 Å². The monoisotopic (exact) mass is 299 g/mol.